The van der Waals surface area contributed by atoms with Gasteiger partial charge in [-0.25, -0.2) is 0 Å². The topological polar surface area (TPSA) is 49.9 Å². The number of hydrogen-bond donors (Lipinski definition) is 0. The molecule has 0 N–H and O–H groups in total. The van der Waals surface area contributed by atoms with E-state index in [4.69, 9.17) is 16.3 Å². The Bertz CT molecular complexity index is 869. The van der Waals surface area contributed by atoms with Crippen molar-refractivity contribution in [2.75, 3.05) is 32.8 Å². The van der Waals surface area contributed by atoms with Gasteiger partial charge >= 0.3 is 0 Å². The van der Waals surface area contributed by atoms with E-state index in [2.05, 4.69) is 0 Å². The van der Waals surface area contributed by atoms with Gasteiger partial charge in [-0.2, -0.15) is 0 Å². The lowest BCUT2D eigenvalue weighted by atomic mass is 10.1. The van der Waals surface area contributed by atoms with Crippen LogP contribution in [0.2, 0.25) is 5.02 Å². The van der Waals surface area contributed by atoms with Crippen LogP contribution in [0.15, 0.2) is 42.5 Å². The summed E-state index contributed by atoms with van der Waals surface area (Å²) in [5.41, 5.74) is 2.90. The molecule has 0 aliphatic carbocycles. The van der Waals surface area contributed by atoms with Gasteiger partial charge in [-0.1, -0.05) is 23.7 Å². The molecule has 1 heterocycles. The first-order valence-electron chi connectivity index (χ1n) is 9.47. The maximum atomic E-state index is 12.7. The fourth-order valence-electron chi connectivity index (χ4n) is 3.21. The third kappa shape index (κ3) is 5.04. The predicted molar refractivity (Wildman–Crippen MR) is 110 cm³/mol. The molecule has 3 rings (SSSR count). The second-order valence-corrected chi connectivity index (χ2v) is 7.51. The Balaban J connectivity index is 1.54. The van der Waals surface area contributed by atoms with Crippen molar-refractivity contribution < 1.29 is 14.3 Å². The summed E-state index contributed by atoms with van der Waals surface area (Å²) in [4.78, 5) is 28.8. The highest BCUT2D eigenvalue weighted by molar-refractivity contribution is 6.30. The van der Waals surface area contributed by atoms with E-state index in [-0.39, 0.29) is 18.4 Å². The first-order valence-corrected chi connectivity index (χ1v) is 9.84. The number of halogens is 1. The van der Waals surface area contributed by atoms with Crippen LogP contribution in [0.3, 0.4) is 0 Å². The number of nitrogens with zero attached hydrogens (tertiary/aromatic N) is 2. The first kappa shape index (κ1) is 20.2. The number of carbonyl (C=O) groups excluding carboxylic acids is 2. The molecule has 0 saturated carbocycles. The van der Waals surface area contributed by atoms with Crippen LogP contribution >= 0.6 is 11.6 Å². The molecule has 5 nitrogen and oxygen atoms in total. The number of benzene rings is 2. The van der Waals surface area contributed by atoms with Gasteiger partial charge in [-0.15, -0.1) is 0 Å². The van der Waals surface area contributed by atoms with Gasteiger partial charge in [0, 0.05) is 36.8 Å². The Kier molecular flexibility index (Phi) is 6.57. The molecule has 6 heteroatoms. The fraction of sp³-hybridized carbons (Fsp3) is 0.364. The number of carbonyl (C=O) groups is 2. The van der Waals surface area contributed by atoms with Crippen LogP contribution in [0.5, 0.6) is 5.75 Å². The van der Waals surface area contributed by atoms with Crippen molar-refractivity contribution in [2.45, 2.75) is 20.3 Å². The van der Waals surface area contributed by atoms with Crippen molar-refractivity contribution in [3.05, 3.63) is 64.2 Å². The molecule has 2 aromatic rings. The monoisotopic (exact) mass is 400 g/mol. The summed E-state index contributed by atoms with van der Waals surface area (Å²) in [6.07, 6.45) is 0.738. The standard InChI is InChI=1S/C22H25ClN2O3/c1-16-7-8-20(13-17(16)2)28-15-21(26)24-9-4-10-25(12-11-24)22(27)18-5-3-6-19(23)14-18/h3,5-8,13-14H,4,9-12,15H2,1-2H3. The molecular weight excluding hydrogens is 376 g/mol. The Labute approximate surface area is 170 Å². The quantitative estimate of drug-likeness (QED) is 0.786. The van der Waals surface area contributed by atoms with Crippen LogP contribution in [-0.2, 0) is 4.79 Å². The highest BCUT2D eigenvalue weighted by Crippen LogP contribution is 2.17. The molecule has 0 unspecified atom stereocenters. The van der Waals surface area contributed by atoms with Crippen molar-refractivity contribution in [1.29, 1.82) is 0 Å². The summed E-state index contributed by atoms with van der Waals surface area (Å²) in [6.45, 7) is 6.30. The largest absolute Gasteiger partial charge is 0.484 e. The van der Waals surface area contributed by atoms with Gasteiger partial charge in [-0.3, -0.25) is 9.59 Å². The van der Waals surface area contributed by atoms with Gasteiger partial charge < -0.3 is 14.5 Å². The SMILES string of the molecule is Cc1ccc(OCC(=O)N2CCCN(C(=O)c3cccc(Cl)c3)CC2)cc1C. The van der Waals surface area contributed by atoms with Gasteiger partial charge in [0.2, 0.25) is 0 Å². The number of aryl methyl sites for hydroxylation is 2. The Morgan fingerprint density at radius 2 is 1.71 bits per heavy atom. The van der Waals surface area contributed by atoms with Crippen LogP contribution in [0.25, 0.3) is 0 Å². The third-order valence-electron chi connectivity index (χ3n) is 5.05. The zero-order valence-corrected chi connectivity index (χ0v) is 17.0. The second-order valence-electron chi connectivity index (χ2n) is 7.07. The minimum atomic E-state index is -0.0599. The summed E-state index contributed by atoms with van der Waals surface area (Å²) < 4.78 is 5.67. The van der Waals surface area contributed by atoms with E-state index in [0.29, 0.717) is 42.5 Å². The smallest absolute Gasteiger partial charge is 0.260 e. The predicted octanol–water partition coefficient (Wildman–Crippen LogP) is 3.71. The molecule has 148 valence electrons. The lowest BCUT2D eigenvalue weighted by molar-refractivity contribution is -0.133. The Morgan fingerprint density at radius 1 is 0.964 bits per heavy atom. The zero-order chi connectivity index (χ0) is 20.1. The second kappa shape index (κ2) is 9.11. The van der Waals surface area contributed by atoms with E-state index in [9.17, 15) is 9.59 Å². The molecule has 0 atom stereocenters. The third-order valence-corrected chi connectivity index (χ3v) is 5.28. The maximum absolute atomic E-state index is 12.7. The molecule has 0 aromatic heterocycles. The number of rotatable bonds is 4. The molecule has 1 aliphatic heterocycles. The molecule has 0 bridgehead atoms. The summed E-state index contributed by atoms with van der Waals surface area (Å²) in [5.74, 6) is 0.586. The Morgan fingerprint density at radius 3 is 2.46 bits per heavy atom. The summed E-state index contributed by atoms with van der Waals surface area (Å²) >= 11 is 5.99. The van der Waals surface area contributed by atoms with Crippen molar-refractivity contribution in [2.24, 2.45) is 0 Å². The van der Waals surface area contributed by atoms with Crippen molar-refractivity contribution in [1.82, 2.24) is 9.80 Å². The van der Waals surface area contributed by atoms with Crippen LogP contribution in [-0.4, -0.2) is 54.4 Å². The van der Waals surface area contributed by atoms with Gasteiger partial charge in [0.25, 0.3) is 11.8 Å². The van der Waals surface area contributed by atoms with Crippen LogP contribution in [0.4, 0.5) is 0 Å². The summed E-state index contributed by atoms with van der Waals surface area (Å²) in [7, 11) is 0. The van der Waals surface area contributed by atoms with E-state index in [0.717, 1.165) is 12.0 Å². The van der Waals surface area contributed by atoms with Gasteiger partial charge in [-0.05, 0) is 61.7 Å². The molecule has 2 amide bonds. The van der Waals surface area contributed by atoms with E-state index >= 15 is 0 Å². The average Bonchev–Trinajstić information content (AvgIpc) is 2.94. The lowest BCUT2D eigenvalue weighted by Crippen LogP contribution is -2.39. The zero-order valence-electron chi connectivity index (χ0n) is 16.3. The molecule has 1 saturated heterocycles. The molecule has 1 fully saturated rings. The number of ether oxygens (including phenoxy) is 1. The van der Waals surface area contributed by atoms with Crippen LogP contribution in [0, 0.1) is 13.8 Å². The summed E-state index contributed by atoms with van der Waals surface area (Å²) in [5, 5.41) is 0.543. The van der Waals surface area contributed by atoms with E-state index in [1.807, 2.05) is 32.0 Å². The van der Waals surface area contributed by atoms with Crippen molar-refractivity contribution in [3.8, 4) is 5.75 Å². The average molecular weight is 401 g/mol. The maximum Gasteiger partial charge on any atom is 0.260 e. The van der Waals surface area contributed by atoms with Crippen molar-refractivity contribution >= 4 is 23.4 Å². The highest BCUT2D eigenvalue weighted by Gasteiger charge is 2.23. The van der Waals surface area contributed by atoms with Gasteiger partial charge in [0.1, 0.15) is 5.75 Å². The van der Waals surface area contributed by atoms with Gasteiger partial charge in [0.15, 0.2) is 6.61 Å². The normalized spacial score (nSPS) is 14.5. The molecular formula is C22H25ClN2O3. The molecule has 28 heavy (non-hydrogen) atoms. The minimum Gasteiger partial charge on any atom is -0.484 e. The molecule has 1 aliphatic rings. The van der Waals surface area contributed by atoms with Gasteiger partial charge in [0.05, 0.1) is 0 Å². The first-order chi connectivity index (χ1) is 13.4. The minimum absolute atomic E-state index is 0.00470. The number of amides is 2. The molecule has 0 radical (unpaired) electrons. The number of hydrogen-bond acceptors (Lipinski definition) is 3. The van der Waals surface area contributed by atoms with E-state index in [1.165, 1.54) is 5.56 Å². The molecule has 2 aromatic carbocycles. The lowest BCUT2D eigenvalue weighted by Gasteiger charge is -2.22. The van der Waals surface area contributed by atoms with E-state index in [1.54, 1.807) is 34.1 Å². The van der Waals surface area contributed by atoms with Crippen LogP contribution < -0.4 is 4.74 Å². The van der Waals surface area contributed by atoms with E-state index < -0.39 is 0 Å². The highest BCUT2D eigenvalue weighted by atomic mass is 35.5. The van der Waals surface area contributed by atoms with Crippen LogP contribution in [0.1, 0.15) is 27.9 Å². The fourth-order valence-corrected chi connectivity index (χ4v) is 3.40. The summed E-state index contributed by atoms with van der Waals surface area (Å²) in [6, 6.07) is 12.8. The Hall–Kier alpha value is -2.53. The molecule has 0 spiro atoms. The van der Waals surface area contributed by atoms with Crippen molar-refractivity contribution in [3.63, 3.8) is 0 Å².